The molecular weight excluding hydrogens is 210 g/mol. The van der Waals surface area contributed by atoms with Crippen LogP contribution < -0.4 is 4.90 Å². The number of aromatic nitrogens is 2. The molecule has 0 bridgehead atoms. The number of β-amino-alcohol motifs (C(OH)–C–C–N with tert-alkyl or cyclic N) is 1. The molecule has 1 aromatic heterocycles. The average molecular weight is 220 g/mol. The van der Waals surface area contributed by atoms with Crippen molar-refractivity contribution in [1.29, 1.82) is 0 Å². The van der Waals surface area contributed by atoms with Gasteiger partial charge in [-0.3, -0.25) is 0 Å². The molecule has 1 fully saturated rings. The highest BCUT2D eigenvalue weighted by Crippen LogP contribution is 2.32. The summed E-state index contributed by atoms with van der Waals surface area (Å²) in [5.41, 5.74) is -0.549. The largest absolute Gasteiger partial charge is 0.386 e. The van der Waals surface area contributed by atoms with Crippen LogP contribution in [0.5, 0.6) is 0 Å². The van der Waals surface area contributed by atoms with E-state index in [-0.39, 0.29) is 0 Å². The van der Waals surface area contributed by atoms with E-state index in [1.807, 2.05) is 11.8 Å². The number of hydrogen-bond donors (Lipinski definition) is 1. The molecule has 2 heterocycles. The Kier molecular flexibility index (Phi) is 2.17. The normalized spacial score (nSPS) is 20.1. The molecule has 4 nitrogen and oxygen atoms in total. The molecular formula is C7H10ClN3OS. The fourth-order valence-corrected chi connectivity index (χ4v) is 2.18. The van der Waals surface area contributed by atoms with Crippen LogP contribution in [-0.2, 0) is 0 Å². The summed E-state index contributed by atoms with van der Waals surface area (Å²) in [7, 11) is 0. The van der Waals surface area contributed by atoms with Gasteiger partial charge in [-0.05, 0) is 6.42 Å². The third-order valence-electron chi connectivity index (χ3n) is 2.36. The number of rotatable bonds is 2. The van der Waals surface area contributed by atoms with Crippen molar-refractivity contribution >= 4 is 29.1 Å². The fourth-order valence-electron chi connectivity index (χ4n) is 1.40. The highest BCUT2D eigenvalue weighted by molar-refractivity contribution is 6.99. The van der Waals surface area contributed by atoms with Gasteiger partial charge in [0.15, 0.2) is 11.0 Å². The van der Waals surface area contributed by atoms with Crippen molar-refractivity contribution in [2.45, 2.75) is 18.9 Å². The molecule has 1 N–H and O–H groups in total. The second kappa shape index (κ2) is 3.08. The van der Waals surface area contributed by atoms with Crippen LogP contribution in [0.2, 0.25) is 5.15 Å². The summed E-state index contributed by atoms with van der Waals surface area (Å²) < 4.78 is 7.92. The Morgan fingerprint density at radius 1 is 1.62 bits per heavy atom. The van der Waals surface area contributed by atoms with Crippen molar-refractivity contribution in [2.75, 3.05) is 18.0 Å². The lowest BCUT2D eigenvalue weighted by molar-refractivity contribution is 0.00816. The van der Waals surface area contributed by atoms with Crippen LogP contribution in [0, 0.1) is 0 Å². The van der Waals surface area contributed by atoms with Crippen LogP contribution in [0.3, 0.4) is 0 Å². The predicted octanol–water partition coefficient (Wildman–Crippen LogP) is 1.15. The number of hydrogen-bond acceptors (Lipinski definition) is 5. The first-order valence-corrected chi connectivity index (χ1v) is 5.21. The minimum absolute atomic E-state index is 0.433. The second-order valence-electron chi connectivity index (χ2n) is 3.31. The van der Waals surface area contributed by atoms with Gasteiger partial charge >= 0.3 is 0 Å². The van der Waals surface area contributed by atoms with Gasteiger partial charge in [0.2, 0.25) is 0 Å². The van der Waals surface area contributed by atoms with Crippen molar-refractivity contribution in [1.82, 2.24) is 8.75 Å². The lowest BCUT2D eigenvalue weighted by atomic mass is 9.91. The number of halogens is 1. The standard InChI is InChI=1S/C7H10ClN3OS/c1-2-7(12)3-11(4-7)6-5(8)9-13-10-6/h12H,2-4H2,1H3. The smallest absolute Gasteiger partial charge is 0.187 e. The second-order valence-corrected chi connectivity index (χ2v) is 4.20. The zero-order valence-corrected chi connectivity index (χ0v) is 8.77. The first-order valence-electron chi connectivity index (χ1n) is 4.10. The highest BCUT2D eigenvalue weighted by atomic mass is 35.5. The van der Waals surface area contributed by atoms with Gasteiger partial charge in [0.25, 0.3) is 0 Å². The monoisotopic (exact) mass is 219 g/mol. The maximum absolute atomic E-state index is 9.75. The maximum atomic E-state index is 9.75. The quantitative estimate of drug-likeness (QED) is 0.811. The van der Waals surface area contributed by atoms with Gasteiger partial charge in [-0.15, -0.1) is 0 Å². The minimum atomic E-state index is -0.549. The molecule has 0 aliphatic carbocycles. The van der Waals surface area contributed by atoms with Crippen LogP contribution in [0.15, 0.2) is 0 Å². The van der Waals surface area contributed by atoms with E-state index in [0.717, 1.165) is 18.1 Å². The molecule has 1 aliphatic heterocycles. The van der Waals surface area contributed by atoms with Crippen molar-refractivity contribution < 1.29 is 5.11 Å². The van der Waals surface area contributed by atoms with E-state index in [2.05, 4.69) is 8.75 Å². The number of anilines is 1. The van der Waals surface area contributed by atoms with Gasteiger partial charge in [-0.2, -0.15) is 8.75 Å². The predicted molar refractivity (Wildman–Crippen MR) is 52.4 cm³/mol. The molecule has 0 saturated carbocycles. The average Bonchev–Trinajstić information content (AvgIpc) is 2.46. The van der Waals surface area contributed by atoms with E-state index < -0.39 is 5.60 Å². The summed E-state index contributed by atoms with van der Waals surface area (Å²) in [5.74, 6) is 0.699. The van der Waals surface area contributed by atoms with Gasteiger partial charge in [0.1, 0.15) is 0 Å². The van der Waals surface area contributed by atoms with Crippen LogP contribution in [-0.4, -0.2) is 32.5 Å². The van der Waals surface area contributed by atoms with Crippen LogP contribution in [0.4, 0.5) is 5.82 Å². The molecule has 0 unspecified atom stereocenters. The van der Waals surface area contributed by atoms with Crippen LogP contribution in [0.1, 0.15) is 13.3 Å². The minimum Gasteiger partial charge on any atom is -0.386 e. The molecule has 6 heteroatoms. The van der Waals surface area contributed by atoms with Gasteiger partial charge in [0.05, 0.1) is 30.4 Å². The lowest BCUT2D eigenvalue weighted by Crippen LogP contribution is -2.61. The summed E-state index contributed by atoms with van der Waals surface area (Å²) in [6, 6.07) is 0. The number of nitrogens with zero attached hydrogens (tertiary/aromatic N) is 3. The Bertz CT molecular complexity index is 310. The van der Waals surface area contributed by atoms with E-state index in [0.29, 0.717) is 24.1 Å². The molecule has 72 valence electrons. The van der Waals surface area contributed by atoms with Gasteiger partial charge in [-0.1, -0.05) is 18.5 Å². The molecule has 0 aromatic carbocycles. The summed E-state index contributed by atoms with van der Waals surface area (Å²) in [6.45, 7) is 3.18. The Hall–Kier alpha value is -0.390. The Morgan fingerprint density at radius 3 is 2.77 bits per heavy atom. The topological polar surface area (TPSA) is 49.2 Å². The molecule has 2 rings (SSSR count). The molecule has 0 atom stereocenters. The molecule has 0 spiro atoms. The first-order chi connectivity index (χ1) is 6.14. The van der Waals surface area contributed by atoms with E-state index in [1.54, 1.807) is 0 Å². The zero-order valence-electron chi connectivity index (χ0n) is 7.20. The number of aliphatic hydroxyl groups is 1. The summed E-state index contributed by atoms with van der Waals surface area (Å²) in [6.07, 6.45) is 0.763. The van der Waals surface area contributed by atoms with Crippen molar-refractivity contribution in [2.24, 2.45) is 0 Å². The van der Waals surface area contributed by atoms with E-state index >= 15 is 0 Å². The Balaban J connectivity index is 2.05. The first kappa shape index (κ1) is 9.18. The van der Waals surface area contributed by atoms with E-state index in [4.69, 9.17) is 11.6 Å². The third kappa shape index (κ3) is 1.51. The molecule has 0 amide bonds. The van der Waals surface area contributed by atoms with Crippen molar-refractivity contribution in [3.05, 3.63) is 5.15 Å². The van der Waals surface area contributed by atoms with E-state index in [1.165, 1.54) is 0 Å². The summed E-state index contributed by atoms with van der Waals surface area (Å²) in [4.78, 5) is 1.94. The summed E-state index contributed by atoms with van der Waals surface area (Å²) >= 11 is 6.89. The van der Waals surface area contributed by atoms with Gasteiger partial charge < -0.3 is 10.0 Å². The van der Waals surface area contributed by atoms with Crippen LogP contribution >= 0.6 is 23.3 Å². The van der Waals surface area contributed by atoms with E-state index in [9.17, 15) is 5.11 Å². The maximum Gasteiger partial charge on any atom is 0.187 e. The van der Waals surface area contributed by atoms with Gasteiger partial charge in [-0.25, -0.2) is 0 Å². The Labute approximate surface area is 85.5 Å². The highest BCUT2D eigenvalue weighted by Gasteiger charge is 2.41. The lowest BCUT2D eigenvalue weighted by Gasteiger charge is -2.46. The molecule has 1 saturated heterocycles. The molecule has 1 aliphatic rings. The molecule has 0 radical (unpaired) electrons. The Morgan fingerprint density at radius 2 is 2.31 bits per heavy atom. The third-order valence-corrected chi connectivity index (χ3v) is 3.23. The van der Waals surface area contributed by atoms with Crippen LogP contribution in [0.25, 0.3) is 0 Å². The van der Waals surface area contributed by atoms with Gasteiger partial charge in [0, 0.05) is 0 Å². The SMILES string of the molecule is CCC1(O)CN(c2nsnc2Cl)C1. The molecule has 13 heavy (non-hydrogen) atoms. The molecule has 1 aromatic rings. The van der Waals surface area contributed by atoms with Crippen molar-refractivity contribution in [3.8, 4) is 0 Å². The summed E-state index contributed by atoms with van der Waals surface area (Å²) in [5, 5.41) is 10.2. The fraction of sp³-hybridized carbons (Fsp3) is 0.714. The zero-order chi connectivity index (χ0) is 9.47. The van der Waals surface area contributed by atoms with Crippen molar-refractivity contribution in [3.63, 3.8) is 0 Å².